The monoisotopic (exact) mass is 278 g/mol. The fraction of sp³-hybridized carbons (Fsp3) is 0.300. The Kier molecular flexibility index (Phi) is 4.74. The highest BCUT2D eigenvalue weighted by atomic mass is 32.2. The maximum atomic E-state index is 12.2. The second-order valence-electron chi connectivity index (χ2n) is 3.37. The van der Waals surface area contributed by atoms with Crippen LogP contribution in [0, 0.1) is 0 Å². The first kappa shape index (κ1) is 14.5. The van der Waals surface area contributed by atoms with E-state index in [-0.39, 0.29) is 18.7 Å². The first-order valence-electron chi connectivity index (χ1n) is 5.00. The van der Waals surface area contributed by atoms with E-state index in [1.165, 1.54) is 12.1 Å². The number of rotatable bonds is 5. The number of hydrogen-bond donors (Lipinski definition) is 2. The van der Waals surface area contributed by atoms with Crippen LogP contribution in [0.15, 0.2) is 29.2 Å². The first-order valence-corrected chi connectivity index (χ1v) is 6.54. The molecule has 5 nitrogen and oxygen atoms in total. The molecule has 0 aliphatic rings. The van der Waals surface area contributed by atoms with Crippen LogP contribution in [-0.2, 0) is 9.84 Å². The van der Waals surface area contributed by atoms with E-state index in [2.05, 4.69) is 5.32 Å². The molecule has 0 aliphatic heterocycles. The minimum atomic E-state index is -4.62. The molecule has 1 rings (SSSR count). The van der Waals surface area contributed by atoms with Crippen LogP contribution in [0.5, 0.6) is 0 Å². The molecule has 0 saturated heterocycles. The number of carbonyl (C=O) groups is 1. The Morgan fingerprint density at radius 1 is 1.28 bits per heavy atom. The van der Waals surface area contributed by atoms with Gasteiger partial charge in [0.15, 0.2) is 0 Å². The Labute approximate surface area is 103 Å². The summed E-state index contributed by atoms with van der Waals surface area (Å²) < 4.78 is 46.7. The largest absolute Gasteiger partial charge is 0.351 e. The van der Waals surface area contributed by atoms with E-state index < -0.39 is 26.4 Å². The highest BCUT2D eigenvalue weighted by molar-refractivity contribution is 7.91. The number of nitrogens with two attached hydrogens (primary N) is 1. The van der Waals surface area contributed by atoms with E-state index in [1.807, 2.05) is 0 Å². The van der Waals surface area contributed by atoms with Crippen LogP contribution in [0.1, 0.15) is 10.4 Å². The molecule has 0 radical (unpaired) electrons. The van der Waals surface area contributed by atoms with Crippen molar-refractivity contribution in [3.63, 3.8) is 0 Å². The lowest BCUT2D eigenvalue weighted by atomic mass is 10.2. The molecule has 0 bridgehead atoms. The Morgan fingerprint density at radius 3 is 2.28 bits per heavy atom. The van der Waals surface area contributed by atoms with E-state index in [4.69, 9.17) is 5.73 Å². The number of amides is 1. The highest BCUT2D eigenvalue weighted by Gasteiger charge is 2.26. The summed E-state index contributed by atoms with van der Waals surface area (Å²) in [5.74, 6) is -3.92. The Balaban J connectivity index is 2.90. The van der Waals surface area contributed by atoms with Crippen LogP contribution in [0.25, 0.3) is 0 Å². The van der Waals surface area contributed by atoms with Crippen LogP contribution in [-0.4, -0.2) is 33.2 Å². The Bertz CT molecular complexity index is 514. The molecule has 1 aromatic carbocycles. The quantitative estimate of drug-likeness (QED) is 0.814. The van der Waals surface area contributed by atoms with E-state index in [0.717, 1.165) is 12.1 Å². The summed E-state index contributed by atoms with van der Waals surface area (Å²) in [5.41, 5.74) is 5.37. The van der Waals surface area contributed by atoms with Gasteiger partial charge in [0.05, 0.1) is 4.90 Å². The smallest absolute Gasteiger partial charge is 0.341 e. The van der Waals surface area contributed by atoms with Gasteiger partial charge in [-0.15, -0.1) is 0 Å². The van der Waals surface area contributed by atoms with Crippen molar-refractivity contribution in [1.82, 2.24) is 5.32 Å². The molecule has 1 aromatic rings. The van der Waals surface area contributed by atoms with Crippen LogP contribution >= 0.6 is 0 Å². The Hall–Kier alpha value is -1.54. The molecular weight excluding hydrogens is 266 g/mol. The summed E-state index contributed by atoms with van der Waals surface area (Å²) in [5, 5.41) is 2.47. The summed E-state index contributed by atoms with van der Waals surface area (Å²) in [7, 11) is -4.62. The molecule has 0 heterocycles. The van der Waals surface area contributed by atoms with E-state index in [0.29, 0.717) is 0 Å². The molecule has 18 heavy (non-hydrogen) atoms. The zero-order valence-corrected chi connectivity index (χ0v) is 10.1. The second kappa shape index (κ2) is 5.87. The molecule has 0 spiro atoms. The van der Waals surface area contributed by atoms with Crippen molar-refractivity contribution in [1.29, 1.82) is 0 Å². The average Bonchev–Trinajstić information content (AvgIpc) is 2.35. The maximum Gasteiger partial charge on any atom is 0.341 e. The van der Waals surface area contributed by atoms with E-state index >= 15 is 0 Å². The third-order valence-corrected chi connectivity index (χ3v) is 3.51. The molecule has 0 fully saturated rings. The number of alkyl halides is 2. The molecule has 8 heteroatoms. The number of nitrogens with one attached hydrogen (secondary N) is 1. The predicted molar refractivity (Wildman–Crippen MR) is 61.0 cm³/mol. The standard InChI is InChI=1S/C10H12F2N2O3S/c11-10(12)18(16,17)8-3-1-7(2-4-8)9(15)14-6-5-13/h1-4,10H,5-6,13H2,(H,14,15). The summed E-state index contributed by atoms with van der Waals surface area (Å²) >= 11 is 0. The van der Waals surface area contributed by atoms with Crippen molar-refractivity contribution in [3.8, 4) is 0 Å². The molecule has 1 amide bonds. The van der Waals surface area contributed by atoms with Crippen LogP contribution in [0.4, 0.5) is 8.78 Å². The highest BCUT2D eigenvalue weighted by Crippen LogP contribution is 2.18. The van der Waals surface area contributed by atoms with Gasteiger partial charge in [-0.3, -0.25) is 4.79 Å². The van der Waals surface area contributed by atoms with Gasteiger partial charge in [-0.1, -0.05) is 0 Å². The molecule has 100 valence electrons. The van der Waals surface area contributed by atoms with Crippen LogP contribution in [0.3, 0.4) is 0 Å². The van der Waals surface area contributed by atoms with Gasteiger partial charge >= 0.3 is 5.76 Å². The SMILES string of the molecule is NCCNC(=O)c1ccc(S(=O)(=O)C(F)F)cc1. The normalized spacial score (nSPS) is 11.6. The fourth-order valence-electron chi connectivity index (χ4n) is 1.19. The molecule has 0 aromatic heterocycles. The molecule has 3 N–H and O–H groups in total. The van der Waals surface area contributed by atoms with Gasteiger partial charge in [0.25, 0.3) is 5.91 Å². The average molecular weight is 278 g/mol. The number of benzene rings is 1. The topological polar surface area (TPSA) is 89.3 Å². The third kappa shape index (κ3) is 3.23. The van der Waals surface area contributed by atoms with Gasteiger partial charge < -0.3 is 11.1 Å². The third-order valence-electron chi connectivity index (χ3n) is 2.11. The summed E-state index contributed by atoms with van der Waals surface area (Å²) in [6.45, 7) is 0.541. The van der Waals surface area contributed by atoms with Gasteiger partial charge in [-0.25, -0.2) is 8.42 Å². The lowest BCUT2D eigenvalue weighted by Gasteiger charge is -2.05. The van der Waals surface area contributed by atoms with Crippen molar-refractivity contribution >= 4 is 15.7 Å². The van der Waals surface area contributed by atoms with Crippen LogP contribution < -0.4 is 11.1 Å². The van der Waals surface area contributed by atoms with Crippen LogP contribution in [0.2, 0.25) is 0 Å². The van der Waals surface area contributed by atoms with Crippen molar-refractivity contribution in [2.45, 2.75) is 10.7 Å². The number of halogens is 2. The molecule has 0 saturated carbocycles. The van der Waals surface area contributed by atoms with Gasteiger partial charge in [0.1, 0.15) is 0 Å². The summed E-state index contributed by atoms with van der Waals surface area (Å²) in [6.07, 6.45) is 0. The molecule has 0 aliphatic carbocycles. The van der Waals surface area contributed by atoms with Crippen molar-refractivity contribution in [3.05, 3.63) is 29.8 Å². The second-order valence-corrected chi connectivity index (χ2v) is 5.29. The molecule has 0 atom stereocenters. The molecular formula is C10H12F2N2O3S. The first-order chi connectivity index (χ1) is 8.39. The fourth-order valence-corrected chi connectivity index (χ4v) is 1.91. The predicted octanol–water partition coefficient (Wildman–Crippen LogP) is 0.371. The number of hydrogen-bond acceptors (Lipinski definition) is 4. The number of sulfone groups is 1. The van der Waals surface area contributed by atoms with Gasteiger partial charge in [-0.2, -0.15) is 8.78 Å². The van der Waals surface area contributed by atoms with E-state index in [9.17, 15) is 22.0 Å². The zero-order chi connectivity index (χ0) is 13.8. The lowest BCUT2D eigenvalue weighted by Crippen LogP contribution is -2.28. The number of carbonyl (C=O) groups excluding carboxylic acids is 1. The minimum Gasteiger partial charge on any atom is -0.351 e. The van der Waals surface area contributed by atoms with Gasteiger partial charge in [0, 0.05) is 18.7 Å². The molecule has 0 unspecified atom stereocenters. The van der Waals surface area contributed by atoms with Crippen molar-refractivity contribution < 1.29 is 22.0 Å². The maximum absolute atomic E-state index is 12.2. The Morgan fingerprint density at radius 2 is 1.83 bits per heavy atom. The van der Waals surface area contributed by atoms with Crippen molar-refractivity contribution in [2.75, 3.05) is 13.1 Å². The van der Waals surface area contributed by atoms with Crippen molar-refractivity contribution in [2.24, 2.45) is 5.73 Å². The van der Waals surface area contributed by atoms with Gasteiger partial charge in [0.2, 0.25) is 9.84 Å². The summed E-state index contributed by atoms with van der Waals surface area (Å²) in [6, 6.07) is 4.28. The summed E-state index contributed by atoms with van der Waals surface area (Å²) in [4.78, 5) is 10.9. The lowest BCUT2D eigenvalue weighted by molar-refractivity contribution is 0.0954. The van der Waals surface area contributed by atoms with Gasteiger partial charge in [-0.05, 0) is 24.3 Å². The van der Waals surface area contributed by atoms with E-state index in [1.54, 1.807) is 0 Å². The zero-order valence-electron chi connectivity index (χ0n) is 9.27. The minimum absolute atomic E-state index is 0.177.